The molecule has 128 valence electrons. The lowest BCUT2D eigenvalue weighted by Gasteiger charge is -2.37. The van der Waals surface area contributed by atoms with Gasteiger partial charge in [0, 0.05) is 12.0 Å². The first-order valence-electron chi connectivity index (χ1n) is 8.17. The van der Waals surface area contributed by atoms with E-state index in [9.17, 15) is 15.2 Å². The highest BCUT2D eigenvalue weighted by Crippen LogP contribution is 2.53. The van der Waals surface area contributed by atoms with Gasteiger partial charge in [0.15, 0.2) is 0 Å². The SMILES string of the molecule is COc1ccc(C2Nc3c(O)cc([N+](=O)[O-])cc3C3C=CCC32)cc1. The van der Waals surface area contributed by atoms with E-state index in [0.29, 0.717) is 5.69 Å². The Kier molecular flexibility index (Phi) is 3.60. The van der Waals surface area contributed by atoms with E-state index in [0.717, 1.165) is 23.3 Å². The van der Waals surface area contributed by atoms with E-state index in [1.54, 1.807) is 13.2 Å². The van der Waals surface area contributed by atoms with E-state index in [2.05, 4.69) is 17.5 Å². The summed E-state index contributed by atoms with van der Waals surface area (Å²) in [4.78, 5) is 10.7. The lowest BCUT2D eigenvalue weighted by molar-refractivity contribution is -0.385. The number of nitro benzene ring substituents is 1. The standard InChI is InChI=1S/C19H18N2O4/c1-25-13-7-5-11(6-8-13)18-15-4-2-3-14(15)16-9-12(21(23)24)10-17(22)19(16)20-18/h2-3,5-10,14-15,18,20,22H,4H2,1H3. The van der Waals surface area contributed by atoms with Crippen molar-refractivity contribution in [1.82, 2.24) is 0 Å². The van der Waals surface area contributed by atoms with Gasteiger partial charge in [0.25, 0.3) is 5.69 Å². The zero-order chi connectivity index (χ0) is 17.6. The largest absolute Gasteiger partial charge is 0.506 e. The summed E-state index contributed by atoms with van der Waals surface area (Å²) in [5, 5.41) is 24.9. The minimum Gasteiger partial charge on any atom is -0.506 e. The molecule has 0 saturated carbocycles. The Morgan fingerprint density at radius 3 is 2.72 bits per heavy atom. The molecule has 0 aromatic heterocycles. The third kappa shape index (κ3) is 2.50. The Morgan fingerprint density at radius 1 is 1.28 bits per heavy atom. The number of fused-ring (bicyclic) bond motifs is 3. The van der Waals surface area contributed by atoms with Crippen molar-refractivity contribution in [1.29, 1.82) is 0 Å². The summed E-state index contributed by atoms with van der Waals surface area (Å²) >= 11 is 0. The van der Waals surface area contributed by atoms with E-state index in [4.69, 9.17) is 4.74 Å². The molecule has 0 bridgehead atoms. The van der Waals surface area contributed by atoms with Crippen LogP contribution in [0.5, 0.6) is 11.5 Å². The van der Waals surface area contributed by atoms with Gasteiger partial charge in [0.2, 0.25) is 0 Å². The zero-order valence-corrected chi connectivity index (χ0v) is 13.7. The highest BCUT2D eigenvalue weighted by Gasteiger charge is 2.39. The van der Waals surface area contributed by atoms with Crippen molar-refractivity contribution in [3.63, 3.8) is 0 Å². The fourth-order valence-electron chi connectivity index (χ4n) is 3.91. The number of hydrogen-bond acceptors (Lipinski definition) is 5. The van der Waals surface area contributed by atoms with Crippen LogP contribution in [0, 0.1) is 16.0 Å². The molecule has 6 nitrogen and oxygen atoms in total. The maximum Gasteiger partial charge on any atom is 0.273 e. The highest BCUT2D eigenvalue weighted by molar-refractivity contribution is 5.70. The number of ether oxygens (including phenoxy) is 1. The molecule has 1 aliphatic heterocycles. The number of nitrogens with one attached hydrogen (secondary N) is 1. The molecule has 0 fully saturated rings. The molecule has 0 radical (unpaired) electrons. The molecule has 2 aromatic carbocycles. The van der Waals surface area contributed by atoms with E-state index in [1.807, 2.05) is 24.3 Å². The molecule has 0 amide bonds. The second-order valence-corrected chi connectivity index (χ2v) is 6.43. The van der Waals surface area contributed by atoms with Crippen molar-refractivity contribution in [3.05, 3.63) is 69.8 Å². The van der Waals surface area contributed by atoms with Crippen LogP contribution in [0.2, 0.25) is 0 Å². The number of rotatable bonds is 3. The second-order valence-electron chi connectivity index (χ2n) is 6.43. The zero-order valence-electron chi connectivity index (χ0n) is 13.7. The van der Waals surface area contributed by atoms with Gasteiger partial charge in [-0.3, -0.25) is 10.1 Å². The molecule has 1 heterocycles. The lowest BCUT2D eigenvalue weighted by atomic mass is 9.76. The van der Waals surface area contributed by atoms with Gasteiger partial charge in [-0.2, -0.15) is 0 Å². The van der Waals surface area contributed by atoms with E-state index >= 15 is 0 Å². The Balaban J connectivity index is 1.78. The highest BCUT2D eigenvalue weighted by atomic mass is 16.6. The number of aromatic hydroxyl groups is 1. The minimum absolute atomic E-state index is 0.0192. The van der Waals surface area contributed by atoms with Gasteiger partial charge >= 0.3 is 0 Å². The summed E-state index contributed by atoms with van der Waals surface area (Å²) in [6.07, 6.45) is 5.08. The number of phenols is 1. The molecule has 6 heteroatoms. The monoisotopic (exact) mass is 338 g/mol. The van der Waals surface area contributed by atoms with Crippen molar-refractivity contribution in [3.8, 4) is 11.5 Å². The lowest BCUT2D eigenvalue weighted by Crippen LogP contribution is -2.29. The molecule has 3 atom stereocenters. The molecule has 2 aromatic rings. The third-order valence-corrected chi connectivity index (χ3v) is 5.12. The number of methoxy groups -OCH3 is 1. The van der Waals surface area contributed by atoms with Crippen molar-refractivity contribution < 1.29 is 14.8 Å². The Hall–Kier alpha value is -3.02. The number of non-ortho nitro benzene ring substituents is 1. The number of benzene rings is 2. The van der Waals surface area contributed by atoms with Crippen molar-refractivity contribution in [2.24, 2.45) is 5.92 Å². The van der Waals surface area contributed by atoms with Crippen molar-refractivity contribution in [2.45, 2.75) is 18.4 Å². The number of hydrogen-bond donors (Lipinski definition) is 2. The predicted molar refractivity (Wildman–Crippen MR) is 94.1 cm³/mol. The fourth-order valence-corrected chi connectivity index (χ4v) is 3.91. The molecular formula is C19H18N2O4. The summed E-state index contributed by atoms with van der Waals surface area (Å²) in [5.74, 6) is 1.01. The number of nitro groups is 1. The van der Waals surface area contributed by atoms with Gasteiger partial charge < -0.3 is 15.2 Å². The Bertz CT molecular complexity index is 860. The Morgan fingerprint density at radius 2 is 2.04 bits per heavy atom. The van der Waals surface area contributed by atoms with Crippen LogP contribution in [0.3, 0.4) is 0 Å². The predicted octanol–water partition coefficient (Wildman–Crippen LogP) is 4.14. The summed E-state index contributed by atoms with van der Waals surface area (Å²) < 4.78 is 5.22. The second kappa shape index (κ2) is 5.81. The van der Waals surface area contributed by atoms with Crippen molar-refractivity contribution in [2.75, 3.05) is 12.4 Å². The van der Waals surface area contributed by atoms with Crippen LogP contribution in [-0.4, -0.2) is 17.1 Å². The van der Waals surface area contributed by atoms with Crippen molar-refractivity contribution >= 4 is 11.4 Å². The van der Waals surface area contributed by atoms with Crippen LogP contribution in [0.1, 0.15) is 29.5 Å². The third-order valence-electron chi connectivity index (χ3n) is 5.12. The number of phenolic OH excluding ortho intramolecular Hbond substituents is 1. The maximum atomic E-state index is 11.1. The first-order valence-corrected chi connectivity index (χ1v) is 8.17. The molecule has 4 rings (SSSR count). The summed E-state index contributed by atoms with van der Waals surface area (Å²) in [6, 6.07) is 10.7. The number of allylic oxidation sites excluding steroid dienone is 2. The average molecular weight is 338 g/mol. The van der Waals surface area contributed by atoms with Crippen LogP contribution in [0.25, 0.3) is 0 Å². The molecule has 0 spiro atoms. The molecule has 2 N–H and O–H groups in total. The Labute approximate surface area is 144 Å². The van der Waals surface area contributed by atoms with E-state index < -0.39 is 4.92 Å². The minimum atomic E-state index is -0.469. The normalized spacial score (nSPS) is 23.5. The molecular weight excluding hydrogens is 320 g/mol. The molecule has 1 aliphatic carbocycles. The smallest absolute Gasteiger partial charge is 0.273 e. The number of anilines is 1. The molecule has 2 aliphatic rings. The first kappa shape index (κ1) is 15.5. The van der Waals surface area contributed by atoms with Gasteiger partial charge in [-0.25, -0.2) is 0 Å². The maximum absolute atomic E-state index is 11.1. The van der Waals surface area contributed by atoms with Gasteiger partial charge in [-0.05, 0) is 35.6 Å². The quantitative estimate of drug-likeness (QED) is 0.380. The topological polar surface area (TPSA) is 84.6 Å². The summed E-state index contributed by atoms with van der Waals surface area (Å²) in [5.41, 5.74) is 2.39. The van der Waals surface area contributed by atoms with Gasteiger partial charge in [0.1, 0.15) is 11.5 Å². The molecule has 3 unspecified atom stereocenters. The first-order chi connectivity index (χ1) is 12.1. The van der Waals surface area contributed by atoms with Gasteiger partial charge in [-0.1, -0.05) is 24.3 Å². The average Bonchev–Trinajstić information content (AvgIpc) is 3.11. The number of nitrogens with zero attached hydrogens (tertiary/aromatic N) is 1. The van der Waals surface area contributed by atoms with E-state index in [-0.39, 0.29) is 29.3 Å². The molecule has 25 heavy (non-hydrogen) atoms. The van der Waals surface area contributed by atoms with Crippen LogP contribution in [-0.2, 0) is 0 Å². The van der Waals surface area contributed by atoms with Gasteiger partial charge in [0.05, 0.1) is 29.8 Å². The fraction of sp³-hybridized carbons (Fsp3) is 0.263. The summed E-state index contributed by atoms with van der Waals surface area (Å²) in [6.45, 7) is 0. The van der Waals surface area contributed by atoms with Crippen LogP contribution in [0.4, 0.5) is 11.4 Å². The van der Waals surface area contributed by atoms with Gasteiger partial charge in [-0.15, -0.1) is 0 Å². The van der Waals surface area contributed by atoms with Crippen LogP contribution < -0.4 is 10.1 Å². The van der Waals surface area contributed by atoms with Crippen LogP contribution >= 0.6 is 0 Å². The molecule has 0 saturated heterocycles. The van der Waals surface area contributed by atoms with E-state index in [1.165, 1.54) is 6.07 Å². The van der Waals surface area contributed by atoms with Crippen LogP contribution in [0.15, 0.2) is 48.6 Å². The summed E-state index contributed by atoms with van der Waals surface area (Å²) in [7, 11) is 1.63.